The lowest BCUT2D eigenvalue weighted by Gasteiger charge is -2.19. The van der Waals surface area contributed by atoms with Gasteiger partial charge in [-0.05, 0) is 11.6 Å². The highest BCUT2D eigenvalue weighted by atomic mass is 32.2. The Kier molecular flexibility index (Phi) is 3.40. The fraction of sp³-hybridized carbons (Fsp3) is 0.455. The molecular formula is C11H17NS. The van der Waals surface area contributed by atoms with Crippen molar-refractivity contribution in [3.05, 3.63) is 29.8 Å². The van der Waals surface area contributed by atoms with Gasteiger partial charge in [-0.25, -0.2) is 0 Å². The topological polar surface area (TPSA) is 26.0 Å². The second kappa shape index (κ2) is 4.16. The van der Waals surface area contributed by atoms with E-state index in [1.165, 1.54) is 10.5 Å². The van der Waals surface area contributed by atoms with E-state index in [2.05, 4.69) is 39.0 Å². The van der Waals surface area contributed by atoms with Crippen LogP contribution in [0, 0.1) is 0 Å². The molecular weight excluding hydrogens is 178 g/mol. The molecule has 0 spiro atoms. The molecule has 0 radical (unpaired) electrons. The molecule has 1 aromatic rings. The molecule has 2 heteroatoms. The van der Waals surface area contributed by atoms with E-state index in [1.807, 2.05) is 17.8 Å². The lowest BCUT2D eigenvalue weighted by Crippen LogP contribution is -2.08. The standard InChI is InChI=1S/C11H17NS/c1-11(2,3)13-10-7-5-4-6-9(10)8-12/h4-7H,8,12H2,1-3H3. The second-order valence-corrected chi connectivity index (χ2v) is 5.89. The number of thioether (sulfide) groups is 1. The van der Waals surface area contributed by atoms with Crippen molar-refractivity contribution in [2.45, 2.75) is 37.0 Å². The van der Waals surface area contributed by atoms with Gasteiger partial charge in [0.15, 0.2) is 0 Å². The number of hydrogen-bond donors (Lipinski definition) is 1. The highest BCUT2D eigenvalue weighted by Crippen LogP contribution is 2.33. The summed E-state index contributed by atoms with van der Waals surface area (Å²) >= 11 is 1.87. The van der Waals surface area contributed by atoms with Gasteiger partial charge in [-0.15, -0.1) is 11.8 Å². The van der Waals surface area contributed by atoms with Crippen molar-refractivity contribution in [2.24, 2.45) is 5.73 Å². The van der Waals surface area contributed by atoms with Crippen molar-refractivity contribution < 1.29 is 0 Å². The van der Waals surface area contributed by atoms with Crippen LogP contribution in [0.2, 0.25) is 0 Å². The van der Waals surface area contributed by atoms with Gasteiger partial charge < -0.3 is 5.73 Å². The molecule has 0 fully saturated rings. The third-order valence-corrected chi connectivity index (χ3v) is 2.84. The number of nitrogens with two attached hydrogens (primary N) is 1. The van der Waals surface area contributed by atoms with E-state index >= 15 is 0 Å². The Labute approximate surface area is 84.7 Å². The van der Waals surface area contributed by atoms with Crippen LogP contribution in [0.15, 0.2) is 29.2 Å². The van der Waals surface area contributed by atoms with Crippen molar-refractivity contribution in [3.8, 4) is 0 Å². The molecule has 0 aliphatic rings. The summed E-state index contributed by atoms with van der Waals surface area (Å²) in [7, 11) is 0. The SMILES string of the molecule is CC(C)(C)Sc1ccccc1CN. The predicted molar refractivity (Wildman–Crippen MR) is 59.9 cm³/mol. The van der Waals surface area contributed by atoms with Gasteiger partial charge >= 0.3 is 0 Å². The van der Waals surface area contributed by atoms with Gasteiger partial charge in [0.2, 0.25) is 0 Å². The third kappa shape index (κ3) is 3.41. The van der Waals surface area contributed by atoms with Gasteiger partial charge in [-0.2, -0.15) is 0 Å². The van der Waals surface area contributed by atoms with Crippen molar-refractivity contribution in [1.29, 1.82) is 0 Å². The summed E-state index contributed by atoms with van der Waals surface area (Å²) in [4.78, 5) is 1.30. The molecule has 0 saturated heterocycles. The van der Waals surface area contributed by atoms with Gasteiger partial charge in [-0.1, -0.05) is 39.0 Å². The highest BCUT2D eigenvalue weighted by molar-refractivity contribution is 8.00. The molecule has 0 aliphatic heterocycles. The van der Waals surface area contributed by atoms with Crippen molar-refractivity contribution >= 4 is 11.8 Å². The average Bonchev–Trinajstić information content (AvgIpc) is 2.02. The summed E-state index contributed by atoms with van der Waals surface area (Å²) in [5.41, 5.74) is 6.89. The van der Waals surface area contributed by atoms with E-state index < -0.39 is 0 Å². The van der Waals surface area contributed by atoms with Gasteiger partial charge in [-0.3, -0.25) is 0 Å². The van der Waals surface area contributed by atoms with Crippen molar-refractivity contribution in [1.82, 2.24) is 0 Å². The van der Waals surface area contributed by atoms with E-state index in [1.54, 1.807) is 0 Å². The first kappa shape index (κ1) is 10.6. The lowest BCUT2D eigenvalue weighted by atomic mass is 10.2. The summed E-state index contributed by atoms with van der Waals surface area (Å²) in [6, 6.07) is 8.33. The van der Waals surface area contributed by atoms with Crippen LogP contribution in [0.5, 0.6) is 0 Å². The first-order valence-corrected chi connectivity index (χ1v) is 5.31. The van der Waals surface area contributed by atoms with Crippen LogP contribution < -0.4 is 5.73 Å². The molecule has 72 valence electrons. The van der Waals surface area contributed by atoms with Gasteiger partial charge in [0.05, 0.1) is 0 Å². The van der Waals surface area contributed by atoms with Gasteiger partial charge in [0, 0.05) is 16.2 Å². The zero-order valence-corrected chi connectivity index (χ0v) is 9.32. The van der Waals surface area contributed by atoms with Crippen molar-refractivity contribution in [3.63, 3.8) is 0 Å². The van der Waals surface area contributed by atoms with E-state index in [-0.39, 0.29) is 4.75 Å². The fourth-order valence-corrected chi connectivity index (χ4v) is 2.19. The molecule has 0 saturated carbocycles. The van der Waals surface area contributed by atoms with Gasteiger partial charge in [0.1, 0.15) is 0 Å². The predicted octanol–water partition coefficient (Wildman–Crippen LogP) is 3.04. The van der Waals surface area contributed by atoms with E-state index in [9.17, 15) is 0 Å². The zero-order valence-electron chi connectivity index (χ0n) is 8.50. The molecule has 0 bridgehead atoms. The van der Waals surface area contributed by atoms with Gasteiger partial charge in [0.25, 0.3) is 0 Å². The summed E-state index contributed by atoms with van der Waals surface area (Å²) in [5.74, 6) is 0. The second-order valence-electron chi connectivity index (χ2n) is 4.03. The number of hydrogen-bond acceptors (Lipinski definition) is 2. The largest absolute Gasteiger partial charge is 0.326 e. The normalized spacial score (nSPS) is 11.7. The summed E-state index contributed by atoms with van der Waals surface area (Å²) in [5, 5.41) is 0. The van der Waals surface area contributed by atoms with E-state index in [4.69, 9.17) is 5.73 Å². The van der Waals surface area contributed by atoms with Crippen LogP contribution in [0.1, 0.15) is 26.3 Å². The fourth-order valence-electron chi connectivity index (χ4n) is 1.10. The van der Waals surface area contributed by atoms with Crippen molar-refractivity contribution in [2.75, 3.05) is 0 Å². The molecule has 2 N–H and O–H groups in total. The Morgan fingerprint density at radius 1 is 1.23 bits per heavy atom. The Hall–Kier alpha value is -0.470. The number of benzene rings is 1. The zero-order chi connectivity index (χ0) is 9.90. The summed E-state index contributed by atoms with van der Waals surface area (Å²) in [6.07, 6.45) is 0. The maximum absolute atomic E-state index is 5.66. The molecule has 1 nitrogen and oxygen atoms in total. The highest BCUT2D eigenvalue weighted by Gasteiger charge is 2.13. The average molecular weight is 195 g/mol. The molecule has 1 aromatic carbocycles. The number of rotatable bonds is 2. The van der Waals surface area contributed by atoms with Crippen LogP contribution in [0.4, 0.5) is 0 Å². The van der Waals surface area contributed by atoms with E-state index in [0.717, 1.165) is 0 Å². The van der Waals surface area contributed by atoms with Crippen LogP contribution >= 0.6 is 11.8 Å². The Bertz CT molecular complexity index is 276. The van der Waals surface area contributed by atoms with Crippen LogP contribution in [0.3, 0.4) is 0 Å². The first-order chi connectivity index (χ1) is 6.03. The molecule has 1 rings (SSSR count). The molecule has 0 unspecified atom stereocenters. The quantitative estimate of drug-likeness (QED) is 0.734. The molecule has 0 aromatic heterocycles. The van der Waals surface area contributed by atoms with Crippen LogP contribution in [-0.2, 0) is 6.54 Å². The Morgan fingerprint density at radius 3 is 2.38 bits per heavy atom. The Morgan fingerprint density at radius 2 is 1.85 bits per heavy atom. The van der Waals surface area contributed by atoms with Crippen LogP contribution in [-0.4, -0.2) is 4.75 Å². The first-order valence-electron chi connectivity index (χ1n) is 4.50. The van der Waals surface area contributed by atoms with E-state index in [0.29, 0.717) is 6.54 Å². The maximum Gasteiger partial charge on any atom is 0.0189 e. The third-order valence-electron chi connectivity index (χ3n) is 1.61. The minimum absolute atomic E-state index is 0.255. The van der Waals surface area contributed by atoms with Crippen LogP contribution in [0.25, 0.3) is 0 Å². The molecule has 0 atom stereocenters. The monoisotopic (exact) mass is 195 g/mol. The molecule has 0 aliphatic carbocycles. The lowest BCUT2D eigenvalue weighted by molar-refractivity contribution is 0.801. The maximum atomic E-state index is 5.66. The molecule has 13 heavy (non-hydrogen) atoms. The summed E-state index contributed by atoms with van der Waals surface area (Å²) < 4.78 is 0.255. The minimum atomic E-state index is 0.255. The minimum Gasteiger partial charge on any atom is -0.326 e. The molecule has 0 heterocycles. The summed E-state index contributed by atoms with van der Waals surface area (Å²) in [6.45, 7) is 7.26. The Balaban J connectivity index is 2.87. The molecule has 0 amide bonds. The smallest absolute Gasteiger partial charge is 0.0189 e.